The molecular formula is C27H20F3N3O2. The quantitative estimate of drug-likeness (QED) is 0.351. The molecule has 1 N–H and O–H groups in total. The van der Waals surface area contributed by atoms with Gasteiger partial charge in [0.05, 0.1) is 16.8 Å². The first kappa shape index (κ1) is 23.7. The Labute approximate surface area is 199 Å². The van der Waals surface area contributed by atoms with Crippen LogP contribution in [0.15, 0.2) is 91.1 Å². The number of anilines is 2. The van der Waals surface area contributed by atoms with Gasteiger partial charge in [-0.25, -0.2) is 0 Å². The number of halogens is 3. The maximum Gasteiger partial charge on any atom is 0.416 e. The molecule has 4 aromatic rings. The van der Waals surface area contributed by atoms with Crippen LogP contribution in [0.3, 0.4) is 0 Å². The number of nitrogens with one attached hydrogen (secondary N) is 1. The Morgan fingerprint density at radius 2 is 1.69 bits per heavy atom. The maximum atomic E-state index is 13.0. The molecule has 4 rings (SSSR count). The van der Waals surface area contributed by atoms with Crippen molar-refractivity contribution in [2.24, 2.45) is 0 Å². The number of carbonyl (C=O) groups excluding carboxylic acids is 2. The highest BCUT2D eigenvalue weighted by molar-refractivity contribution is 6.07. The molecule has 2 amide bonds. The molecule has 0 aliphatic carbocycles. The predicted molar refractivity (Wildman–Crippen MR) is 130 cm³/mol. The van der Waals surface area contributed by atoms with Gasteiger partial charge < -0.3 is 10.2 Å². The molecule has 0 aliphatic rings. The molecule has 0 unspecified atom stereocenters. The number of fused-ring (bicyclic) bond motifs is 1. The highest BCUT2D eigenvalue weighted by Gasteiger charge is 2.31. The van der Waals surface area contributed by atoms with E-state index in [4.69, 9.17) is 0 Å². The van der Waals surface area contributed by atoms with Gasteiger partial charge in [-0.2, -0.15) is 13.2 Å². The molecule has 0 saturated carbocycles. The van der Waals surface area contributed by atoms with Crippen LogP contribution in [0, 0.1) is 0 Å². The third kappa shape index (κ3) is 5.55. The second kappa shape index (κ2) is 9.80. The minimum atomic E-state index is -4.51. The van der Waals surface area contributed by atoms with Gasteiger partial charge in [0.15, 0.2) is 0 Å². The fourth-order valence-corrected chi connectivity index (χ4v) is 3.53. The molecule has 0 atom stereocenters. The molecular weight excluding hydrogens is 455 g/mol. The van der Waals surface area contributed by atoms with E-state index in [1.165, 1.54) is 25.3 Å². The Balaban J connectivity index is 1.48. The van der Waals surface area contributed by atoms with Crippen LogP contribution < -0.4 is 10.2 Å². The van der Waals surface area contributed by atoms with Crippen LogP contribution in [0.25, 0.3) is 17.0 Å². The van der Waals surface area contributed by atoms with E-state index in [2.05, 4.69) is 10.3 Å². The van der Waals surface area contributed by atoms with Crippen LogP contribution in [-0.4, -0.2) is 23.8 Å². The van der Waals surface area contributed by atoms with E-state index in [1.54, 1.807) is 42.6 Å². The number of carbonyl (C=O) groups is 2. The van der Waals surface area contributed by atoms with E-state index in [0.29, 0.717) is 16.8 Å². The highest BCUT2D eigenvalue weighted by Crippen LogP contribution is 2.31. The zero-order valence-corrected chi connectivity index (χ0v) is 18.6. The minimum Gasteiger partial charge on any atom is -0.321 e. The molecule has 0 aliphatic heterocycles. The monoisotopic (exact) mass is 475 g/mol. The first-order valence-corrected chi connectivity index (χ1v) is 10.6. The highest BCUT2D eigenvalue weighted by atomic mass is 19.4. The summed E-state index contributed by atoms with van der Waals surface area (Å²) in [6.07, 6.45) is 0.0246. The third-order valence-corrected chi connectivity index (χ3v) is 5.32. The molecule has 1 heterocycles. The van der Waals surface area contributed by atoms with Gasteiger partial charge in [-0.3, -0.25) is 14.6 Å². The van der Waals surface area contributed by atoms with Gasteiger partial charge in [0.2, 0.25) is 5.91 Å². The van der Waals surface area contributed by atoms with E-state index in [1.807, 2.05) is 24.3 Å². The maximum absolute atomic E-state index is 13.0. The van der Waals surface area contributed by atoms with Crippen molar-refractivity contribution in [2.75, 3.05) is 17.3 Å². The first-order chi connectivity index (χ1) is 16.7. The summed E-state index contributed by atoms with van der Waals surface area (Å²) < 4.78 is 39.1. The second-order valence-corrected chi connectivity index (χ2v) is 7.74. The number of para-hydroxylation sites is 1. The fraction of sp³-hybridized carbons (Fsp3) is 0.0741. The predicted octanol–water partition coefficient (Wildman–Crippen LogP) is 6.18. The Bertz CT molecular complexity index is 1430. The summed E-state index contributed by atoms with van der Waals surface area (Å²) >= 11 is 0. The van der Waals surface area contributed by atoms with Crippen molar-refractivity contribution >= 4 is 40.2 Å². The van der Waals surface area contributed by atoms with Gasteiger partial charge in [0.1, 0.15) is 0 Å². The van der Waals surface area contributed by atoms with Crippen LogP contribution in [0.2, 0.25) is 0 Å². The van der Waals surface area contributed by atoms with Crippen LogP contribution in [0.1, 0.15) is 21.5 Å². The Hall–Kier alpha value is -4.46. The van der Waals surface area contributed by atoms with E-state index in [0.717, 1.165) is 22.4 Å². The van der Waals surface area contributed by atoms with Gasteiger partial charge >= 0.3 is 6.18 Å². The topological polar surface area (TPSA) is 62.3 Å². The molecule has 0 saturated heterocycles. The molecule has 0 bridgehead atoms. The lowest BCUT2D eigenvalue weighted by Crippen LogP contribution is -2.26. The molecule has 1 aromatic heterocycles. The standard InChI is InChI=1S/C27H20F3N3O2/c1-33(22-11-4-10-21(17-22)27(28,29)30)26(35)20-8-2-6-18(16-20)13-14-24(34)32-23-12-3-7-19-9-5-15-31-25(19)23/h2-17H,1H3,(H,32,34). The number of alkyl halides is 3. The lowest BCUT2D eigenvalue weighted by atomic mass is 10.1. The van der Waals surface area contributed by atoms with Crippen LogP contribution >= 0.6 is 0 Å². The van der Waals surface area contributed by atoms with Crippen LogP contribution in [-0.2, 0) is 11.0 Å². The minimum absolute atomic E-state index is 0.119. The summed E-state index contributed by atoms with van der Waals surface area (Å²) in [6, 6.07) is 20.2. The fourth-order valence-electron chi connectivity index (χ4n) is 3.53. The summed E-state index contributed by atoms with van der Waals surface area (Å²) in [5.41, 5.74) is 1.38. The van der Waals surface area contributed by atoms with Crippen LogP contribution in [0.4, 0.5) is 24.5 Å². The summed E-state index contributed by atoms with van der Waals surface area (Å²) in [5.74, 6) is -0.855. The number of rotatable bonds is 5. The van der Waals surface area contributed by atoms with E-state index >= 15 is 0 Å². The number of hydrogen-bond donors (Lipinski definition) is 1. The van der Waals surface area contributed by atoms with Crippen molar-refractivity contribution in [2.45, 2.75) is 6.18 Å². The normalized spacial score (nSPS) is 11.5. The van der Waals surface area contributed by atoms with E-state index < -0.39 is 17.6 Å². The Kier molecular flexibility index (Phi) is 6.64. The Morgan fingerprint density at radius 1 is 0.943 bits per heavy atom. The molecule has 176 valence electrons. The smallest absolute Gasteiger partial charge is 0.321 e. The number of benzene rings is 3. The summed E-state index contributed by atoms with van der Waals surface area (Å²) in [7, 11) is 1.41. The average molecular weight is 475 g/mol. The molecule has 5 nitrogen and oxygen atoms in total. The summed E-state index contributed by atoms with van der Waals surface area (Å²) in [4.78, 5) is 30.8. The first-order valence-electron chi connectivity index (χ1n) is 10.6. The van der Waals surface area contributed by atoms with Crippen molar-refractivity contribution in [3.05, 3.63) is 108 Å². The SMILES string of the molecule is CN(C(=O)c1cccc(C=CC(=O)Nc2cccc3cccnc23)c1)c1cccc(C(F)(F)F)c1. The molecule has 3 aromatic carbocycles. The van der Waals surface area contributed by atoms with Gasteiger partial charge in [-0.1, -0.05) is 36.4 Å². The zero-order valence-electron chi connectivity index (χ0n) is 18.6. The van der Waals surface area contributed by atoms with Gasteiger partial charge in [0, 0.05) is 36.0 Å². The third-order valence-electron chi connectivity index (χ3n) is 5.32. The van der Waals surface area contributed by atoms with Gasteiger partial charge in [-0.05, 0) is 54.1 Å². The number of aromatic nitrogens is 1. The number of pyridine rings is 1. The number of hydrogen-bond acceptors (Lipinski definition) is 3. The number of nitrogens with zero attached hydrogens (tertiary/aromatic N) is 2. The lowest BCUT2D eigenvalue weighted by molar-refractivity contribution is -0.137. The Morgan fingerprint density at radius 3 is 2.49 bits per heavy atom. The lowest BCUT2D eigenvalue weighted by Gasteiger charge is -2.19. The summed E-state index contributed by atoms with van der Waals surface area (Å²) in [5, 5.41) is 3.69. The molecule has 8 heteroatoms. The largest absolute Gasteiger partial charge is 0.416 e. The molecule has 0 fully saturated rings. The van der Waals surface area contributed by atoms with Crippen molar-refractivity contribution in [3.63, 3.8) is 0 Å². The van der Waals surface area contributed by atoms with E-state index in [-0.39, 0.29) is 17.2 Å². The average Bonchev–Trinajstić information content (AvgIpc) is 2.86. The van der Waals surface area contributed by atoms with Crippen molar-refractivity contribution in [3.8, 4) is 0 Å². The molecule has 35 heavy (non-hydrogen) atoms. The summed E-state index contributed by atoms with van der Waals surface area (Å²) in [6.45, 7) is 0. The molecule has 0 radical (unpaired) electrons. The van der Waals surface area contributed by atoms with Crippen molar-refractivity contribution < 1.29 is 22.8 Å². The van der Waals surface area contributed by atoms with Gasteiger partial charge in [-0.15, -0.1) is 0 Å². The number of amides is 2. The van der Waals surface area contributed by atoms with Crippen molar-refractivity contribution in [1.82, 2.24) is 4.98 Å². The second-order valence-electron chi connectivity index (χ2n) is 7.74. The molecule has 0 spiro atoms. The van der Waals surface area contributed by atoms with Crippen LogP contribution in [0.5, 0.6) is 0 Å². The van der Waals surface area contributed by atoms with E-state index in [9.17, 15) is 22.8 Å². The van der Waals surface area contributed by atoms with Crippen molar-refractivity contribution in [1.29, 1.82) is 0 Å². The van der Waals surface area contributed by atoms with Gasteiger partial charge in [0.25, 0.3) is 5.91 Å². The zero-order chi connectivity index (χ0) is 25.0.